The summed E-state index contributed by atoms with van der Waals surface area (Å²) in [5, 5.41) is 13.3. The molecule has 0 aromatic carbocycles. The number of aromatic nitrogens is 3. The molecule has 0 unspecified atom stereocenters. The molecule has 0 aliphatic heterocycles. The van der Waals surface area contributed by atoms with Gasteiger partial charge in [0.15, 0.2) is 0 Å². The van der Waals surface area contributed by atoms with Gasteiger partial charge in [0.25, 0.3) is 11.6 Å². The van der Waals surface area contributed by atoms with Gasteiger partial charge in [-0.1, -0.05) is 0 Å². The van der Waals surface area contributed by atoms with Gasteiger partial charge in [-0.05, 0) is 0 Å². The number of aromatic amines is 1. The number of hydrogen-bond acceptors (Lipinski definition) is 4. The van der Waals surface area contributed by atoms with E-state index >= 15 is 0 Å². The second kappa shape index (κ2) is 5.34. The summed E-state index contributed by atoms with van der Waals surface area (Å²) in [6, 6.07) is 1.26. The molecule has 0 bridgehead atoms. The predicted octanol–water partition coefficient (Wildman–Crippen LogP) is 0.629. The standard InChI is InChI=1S/C11H13N5O3/c1-15-6-9(16(18)19)4-10(15)11(17)13-3-2-8-5-12-7-14-8/h4-7H,2-3H2,1H3,(H,12,14)(H,13,17). The van der Waals surface area contributed by atoms with Crippen LogP contribution in [-0.4, -0.2) is 31.9 Å². The maximum Gasteiger partial charge on any atom is 0.287 e. The molecule has 8 heteroatoms. The van der Waals surface area contributed by atoms with E-state index < -0.39 is 4.92 Å². The summed E-state index contributed by atoms with van der Waals surface area (Å²) in [6.45, 7) is 0.431. The van der Waals surface area contributed by atoms with E-state index in [2.05, 4.69) is 15.3 Å². The number of nitrogens with zero attached hydrogens (tertiary/aromatic N) is 3. The van der Waals surface area contributed by atoms with E-state index in [9.17, 15) is 14.9 Å². The van der Waals surface area contributed by atoms with Crippen LogP contribution in [0.1, 0.15) is 16.2 Å². The van der Waals surface area contributed by atoms with Crippen LogP contribution < -0.4 is 5.32 Å². The number of amides is 1. The Morgan fingerprint density at radius 1 is 1.63 bits per heavy atom. The first-order valence-electron chi connectivity index (χ1n) is 5.64. The number of carbonyl (C=O) groups excluding carboxylic acids is 1. The first-order chi connectivity index (χ1) is 9.08. The molecule has 100 valence electrons. The van der Waals surface area contributed by atoms with Crippen LogP contribution in [0.3, 0.4) is 0 Å². The van der Waals surface area contributed by atoms with Crippen LogP contribution in [0, 0.1) is 10.1 Å². The average Bonchev–Trinajstić information content (AvgIpc) is 2.98. The van der Waals surface area contributed by atoms with Gasteiger partial charge >= 0.3 is 0 Å². The van der Waals surface area contributed by atoms with Crippen molar-refractivity contribution >= 4 is 11.6 Å². The maximum atomic E-state index is 11.8. The Bertz CT molecular complexity index is 588. The maximum absolute atomic E-state index is 11.8. The quantitative estimate of drug-likeness (QED) is 0.609. The fraction of sp³-hybridized carbons (Fsp3) is 0.273. The van der Waals surface area contributed by atoms with Crippen molar-refractivity contribution < 1.29 is 9.72 Å². The van der Waals surface area contributed by atoms with Crippen molar-refractivity contribution in [2.75, 3.05) is 6.54 Å². The Hall–Kier alpha value is -2.64. The minimum Gasteiger partial charge on any atom is -0.350 e. The molecule has 2 aromatic rings. The van der Waals surface area contributed by atoms with Gasteiger partial charge in [0.05, 0.1) is 17.4 Å². The Morgan fingerprint density at radius 2 is 2.42 bits per heavy atom. The van der Waals surface area contributed by atoms with Gasteiger partial charge in [-0.25, -0.2) is 4.98 Å². The van der Waals surface area contributed by atoms with Crippen LogP contribution in [0.2, 0.25) is 0 Å². The molecule has 0 atom stereocenters. The van der Waals surface area contributed by atoms with Gasteiger partial charge in [-0.3, -0.25) is 14.9 Å². The number of rotatable bonds is 5. The van der Waals surface area contributed by atoms with Gasteiger partial charge in [0.2, 0.25) is 0 Å². The fourth-order valence-corrected chi connectivity index (χ4v) is 1.70. The van der Waals surface area contributed by atoms with Crippen LogP contribution in [-0.2, 0) is 13.5 Å². The van der Waals surface area contributed by atoms with E-state index in [0.717, 1.165) is 5.69 Å². The zero-order valence-electron chi connectivity index (χ0n) is 10.3. The van der Waals surface area contributed by atoms with E-state index in [4.69, 9.17) is 0 Å². The SMILES string of the molecule is Cn1cc([N+](=O)[O-])cc1C(=O)NCCc1cnc[nH]1. The van der Waals surface area contributed by atoms with Gasteiger partial charge in [0.1, 0.15) is 5.69 Å². The molecule has 0 radical (unpaired) electrons. The lowest BCUT2D eigenvalue weighted by Crippen LogP contribution is -2.27. The van der Waals surface area contributed by atoms with Crippen LogP contribution in [0.25, 0.3) is 0 Å². The molecule has 0 saturated heterocycles. The normalized spacial score (nSPS) is 10.4. The fourth-order valence-electron chi connectivity index (χ4n) is 1.70. The third-order valence-corrected chi connectivity index (χ3v) is 2.67. The summed E-state index contributed by atoms with van der Waals surface area (Å²) in [5.41, 5.74) is 1.08. The molecular formula is C11H13N5O3. The smallest absolute Gasteiger partial charge is 0.287 e. The molecule has 0 fully saturated rings. The van der Waals surface area contributed by atoms with Crippen molar-refractivity contribution in [1.29, 1.82) is 0 Å². The minimum absolute atomic E-state index is 0.0961. The Labute approximate surface area is 108 Å². The van der Waals surface area contributed by atoms with E-state index in [0.29, 0.717) is 13.0 Å². The molecule has 0 saturated carbocycles. The van der Waals surface area contributed by atoms with E-state index in [1.54, 1.807) is 19.6 Å². The number of nitro groups is 1. The third kappa shape index (κ3) is 2.97. The number of hydrogen-bond donors (Lipinski definition) is 2. The van der Waals surface area contributed by atoms with Crippen molar-refractivity contribution in [3.63, 3.8) is 0 Å². The summed E-state index contributed by atoms with van der Waals surface area (Å²) in [4.78, 5) is 28.7. The van der Waals surface area contributed by atoms with Crippen molar-refractivity contribution in [2.45, 2.75) is 6.42 Å². The summed E-state index contributed by atoms with van der Waals surface area (Å²) in [7, 11) is 1.59. The van der Waals surface area contributed by atoms with Crippen LogP contribution >= 0.6 is 0 Å². The zero-order chi connectivity index (χ0) is 13.8. The van der Waals surface area contributed by atoms with Crippen molar-refractivity contribution in [1.82, 2.24) is 19.9 Å². The van der Waals surface area contributed by atoms with Crippen molar-refractivity contribution in [3.8, 4) is 0 Å². The first-order valence-corrected chi connectivity index (χ1v) is 5.64. The van der Waals surface area contributed by atoms with Crippen LogP contribution in [0.5, 0.6) is 0 Å². The lowest BCUT2D eigenvalue weighted by atomic mass is 10.3. The number of H-pyrrole nitrogens is 1. The second-order valence-electron chi connectivity index (χ2n) is 4.03. The molecule has 0 aliphatic rings. The molecule has 2 heterocycles. The molecule has 0 spiro atoms. The van der Waals surface area contributed by atoms with Gasteiger partial charge in [0, 0.05) is 38.0 Å². The highest BCUT2D eigenvalue weighted by Gasteiger charge is 2.16. The van der Waals surface area contributed by atoms with Gasteiger partial charge in [-0.15, -0.1) is 0 Å². The topological polar surface area (TPSA) is 106 Å². The molecule has 8 nitrogen and oxygen atoms in total. The first kappa shape index (κ1) is 12.8. The summed E-state index contributed by atoms with van der Waals surface area (Å²) >= 11 is 0. The minimum atomic E-state index is -0.526. The highest BCUT2D eigenvalue weighted by molar-refractivity contribution is 5.93. The van der Waals surface area contributed by atoms with Crippen molar-refractivity contribution in [2.24, 2.45) is 7.05 Å². The lowest BCUT2D eigenvalue weighted by molar-refractivity contribution is -0.384. The average molecular weight is 263 g/mol. The lowest BCUT2D eigenvalue weighted by Gasteiger charge is -2.04. The molecular weight excluding hydrogens is 250 g/mol. The largest absolute Gasteiger partial charge is 0.350 e. The van der Waals surface area contributed by atoms with E-state index in [1.165, 1.54) is 16.8 Å². The number of carbonyl (C=O) groups is 1. The van der Waals surface area contributed by atoms with Gasteiger partial charge in [-0.2, -0.15) is 0 Å². The zero-order valence-corrected chi connectivity index (χ0v) is 10.3. The molecule has 19 heavy (non-hydrogen) atoms. The van der Waals surface area contributed by atoms with Crippen LogP contribution in [0.15, 0.2) is 24.8 Å². The number of nitrogens with one attached hydrogen (secondary N) is 2. The predicted molar refractivity (Wildman–Crippen MR) is 66.7 cm³/mol. The number of imidazole rings is 1. The molecule has 2 rings (SSSR count). The number of aryl methyl sites for hydroxylation is 1. The van der Waals surface area contributed by atoms with E-state index in [1.807, 2.05) is 0 Å². The Kier molecular flexibility index (Phi) is 3.60. The van der Waals surface area contributed by atoms with Crippen LogP contribution in [0.4, 0.5) is 5.69 Å². The third-order valence-electron chi connectivity index (χ3n) is 2.67. The van der Waals surface area contributed by atoms with Gasteiger partial charge < -0.3 is 14.9 Å². The Balaban J connectivity index is 1.94. The summed E-state index contributed by atoms with van der Waals surface area (Å²) in [6.07, 6.45) is 5.18. The monoisotopic (exact) mass is 263 g/mol. The molecule has 2 N–H and O–H groups in total. The summed E-state index contributed by atoms with van der Waals surface area (Å²) in [5.74, 6) is -0.338. The van der Waals surface area contributed by atoms with E-state index in [-0.39, 0.29) is 17.3 Å². The molecule has 0 aliphatic carbocycles. The molecule has 1 amide bonds. The summed E-state index contributed by atoms with van der Waals surface area (Å²) < 4.78 is 1.43. The molecule has 2 aromatic heterocycles. The Morgan fingerprint density at radius 3 is 3.00 bits per heavy atom. The van der Waals surface area contributed by atoms with Crippen molar-refractivity contribution in [3.05, 3.63) is 46.3 Å². The highest BCUT2D eigenvalue weighted by atomic mass is 16.6. The second-order valence-corrected chi connectivity index (χ2v) is 4.03. The highest BCUT2D eigenvalue weighted by Crippen LogP contribution is 2.14.